The van der Waals surface area contributed by atoms with Gasteiger partial charge in [0.2, 0.25) is 10.0 Å². The van der Waals surface area contributed by atoms with Crippen LogP contribution in [0.15, 0.2) is 29.2 Å². The van der Waals surface area contributed by atoms with Gasteiger partial charge >= 0.3 is 6.01 Å². The van der Waals surface area contributed by atoms with Gasteiger partial charge in [0.25, 0.3) is 0 Å². The Balaban J connectivity index is 2.32. The van der Waals surface area contributed by atoms with E-state index in [0.29, 0.717) is 11.6 Å². The van der Waals surface area contributed by atoms with Crippen molar-refractivity contribution < 1.29 is 18.3 Å². The van der Waals surface area contributed by atoms with E-state index in [2.05, 4.69) is 14.9 Å². The Hall–Kier alpha value is -1.68. The van der Waals surface area contributed by atoms with Crippen molar-refractivity contribution in [2.75, 3.05) is 13.7 Å². The number of nitrogens with zero attached hydrogens (tertiary/aromatic N) is 3. The molecule has 0 amide bonds. The summed E-state index contributed by atoms with van der Waals surface area (Å²) in [6.45, 7) is 1.82. The van der Waals surface area contributed by atoms with Crippen LogP contribution in [0.3, 0.4) is 0 Å². The third kappa shape index (κ3) is 3.81. The van der Waals surface area contributed by atoms with Crippen LogP contribution < -0.4 is 9.46 Å². The van der Waals surface area contributed by atoms with Gasteiger partial charge < -0.3 is 9.84 Å². The molecule has 1 heterocycles. The predicted octanol–water partition coefficient (Wildman–Crippen LogP) is 0.972. The van der Waals surface area contributed by atoms with E-state index in [1.54, 1.807) is 4.57 Å². The molecule has 126 valence electrons. The number of aliphatic hydroxyl groups excluding tert-OH is 1. The number of methoxy groups -OCH3 is 1. The zero-order valence-corrected chi connectivity index (χ0v) is 14.2. The molecule has 0 unspecified atom stereocenters. The predicted molar refractivity (Wildman–Crippen MR) is 83.8 cm³/mol. The first kappa shape index (κ1) is 17.7. The molecule has 0 spiro atoms. The second kappa shape index (κ2) is 7.26. The minimum Gasteiger partial charge on any atom is -0.467 e. The van der Waals surface area contributed by atoms with Crippen LogP contribution in [0.4, 0.5) is 0 Å². The number of hydrogen-bond donors (Lipinski definition) is 2. The summed E-state index contributed by atoms with van der Waals surface area (Å²) >= 11 is 5.76. The van der Waals surface area contributed by atoms with Crippen molar-refractivity contribution in [1.29, 1.82) is 0 Å². The minimum absolute atomic E-state index is 0.0369. The summed E-state index contributed by atoms with van der Waals surface area (Å²) in [6.07, 6.45) is 0. The van der Waals surface area contributed by atoms with E-state index in [0.717, 1.165) is 0 Å². The van der Waals surface area contributed by atoms with E-state index >= 15 is 0 Å². The maximum absolute atomic E-state index is 12.4. The smallest absolute Gasteiger partial charge is 0.316 e. The van der Waals surface area contributed by atoms with E-state index in [-0.39, 0.29) is 16.7 Å². The lowest BCUT2D eigenvalue weighted by atomic mass is 10.3. The Kier molecular flexibility index (Phi) is 5.58. The Morgan fingerprint density at radius 3 is 2.52 bits per heavy atom. The Morgan fingerprint density at radius 1 is 1.35 bits per heavy atom. The maximum atomic E-state index is 12.4. The van der Waals surface area contributed by atoms with E-state index < -0.39 is 22.7 Å². The van der Waals surface area contributed by atoms with Gasteiger partial charge in [0, 0.05) is 11.6 Å². The Labute approximate surface area is 139 Å². The summed E-state index contributed by atoms with van der Waals surface area (Å²) in [6, 6.07) is 5.00. The minimum atomic E-state index is -3.85. The molecule has 23 heavy (non-hydrogen) atoms. The highest BCUT2D eigenvalue weighted by molar-refractivity contribution is 7.89. The van der Waals surface area contributed by atoms with Gasteiger partial charge in [0.1, 0.15) is 6.04 Å². The molecule has 0 saturated heterocycles. The number of hydrogen-bond acceptors (Lipinski definition) is 6. The quantitative estimate of drug-likeness (QED) is 0.762. The average molecular weight is 361 g/mol. The van der Waals surface area contributed by atoms with Crippen LogP contribution in [0.25, 0.3) is 0 Å². The second-order valence-electron chi connectivity index (χ2n) is 4.60. The lowest BCUT2D eigenvalue weighted by Crippen LogP contribution is -2.33. The van der Waals surface area contributed by atoms with Gasteiger partial charge in [-0.25, -0.2) is 8.42 Å². The van der Waals surface area contributed by atoms with Crippen LogP contribution in [0, 0.1) is 0 Å². The summed E-state index contributed by atoms with van der Waals surface area (Å²) in [5, 5.41) is 17.7. The Morgan fingerprint density at radius 2 is 2.00 bits per heavy atom. The molecule has 8 nitrogen and oxygen atoms in total. The fourth-order valence-electron chi connectivity index (χ4n) is 2.05. The van der Waals surface area contributed by atoms with Crippen molar-refractivity contribution in [3.05, 3.63) is 35.1 Å². The van der Waals surface area contributed by atoms with E-state index in [1.807, 2.05) is 6.92 Å². The molecule has 10 heteroatoms. The third-order valence-electron chi connectivity index (χ3n) is 3.16. The average Bonchev–Trinajstić information content (AvgIpc) is 2.95. The van der Waals surface area contributed by atoms with Crippen LogP contribution in [-0.4, -0.2) is 42.0 Å². The lowest BCUT2D eigenvalue weighted by molar-refractivity contribution is 0.249. The number of aliphatic hydroxyl groups is 1. The summed E-state index contributed by atoms with van der Waals surface area (Å²) in [4.78, 5) is 0.0369. The molecule has 1 aromatic carbocycles. The Bertz CT molecular complexity index is 761. The largest absolute Gasteiger partial charge is 0.467 e. The van der Waals surface area contributed by atoms with Gasteiger partial charge in [0.15, 0.2) is 5.82 Å². The van der Waals surface area contributed by atoms with E-state index in [9.17, 15) is 13.5 Å². The first-order chi connectivity index (χ1) is 10.9. The summed E-state index contributed by atoms with van der Waals surface area (Å²) in [5.41, 5.74) is 0. The molecule has 0 bridgehead atoms. The number of rotatable bonds is 7. The molecule has 2 aromatic rings. The molecular formula is C13H17ClN4O4S. The highest BCUT2D eigenvalue weighted by atomic mass is 35.5. The van der Waals surface area contributed by atoms with Crippen molar-refractivity contribution in [2.45, 2.75) is 24.4 Å². The summed E-state index contributed by atoms with van der Waals surface area (Å²) in [7, 11) is -2.41. The number of aromatic nitrogens is 3. The number of benzene rings is 1. The molecule has 0 aliphatic carbocycles. The monoisotopic (exact) mass is 360 g/mol. The fraction of sp³-hybridized carbons (Fsp3) is 0.385. The van der Waals surface area contributed by atoms with Crippen LogP contribution in [0.2, 0.25) is 5.02 Å². The number of nitrogens with one attached hydrogen (secondary N) is 1. The van der Waals surface area contributed by atoms with Crippen molar-refractivity contribution in [2.24, 2.45) is 0 Å². The zero-order chi connectivity index (χ0) is 17.0. The van der Waals surface area contributed by atoms with Crippen LogP contribution >= 0.6 is 11.6 Å². The molecule has 0 saturated carbocycles. The number of sulfonamides is 1. The fourth-order valence-corrected chi connectivity index (χ4v) is 3.36. The summed E-state index contributed by atoms with van der Waals surface area (Å²) < 4.78 is 33.9. The van der Waals surface area contributed by atoms with Gasteiger partial charge in [-0.2, -0.15) is 4.72 Å². The molecule has 1 atom stereocenters. The molecule has 0 aliphatic rings. The second-order valence-corrected chi connectivity index (χ2v) is 6.75. The van der Waals surface area contributed by atoms with Crippen molar-refractivity contribution >= 4 is 21.6 Å². The number of halogens is 1. The highest BCUT2D eigenvalue weighted by Crippen LogP contribution is 2.20. The van der Waals surface area contributed by atoms with Crippen molar-refractivity contribution in [1.82, 2.24) is 19.5 Å². The van der Waals surface area contributed by atoms with Gasteiger partial charge in [-0.3, -0.25) is 4.57 Å². The molecule has 2 rings (SSSR count). The normalized spacial score (nSPS) is 13.0. The van der Waals surface area contributed by atoms with Crippen LogP contribution in [0.1, 0.15) is 18.8 Å². The van der Waals surface area contributed by atoms with Gasteiger partial charge in [-0.05, 0) is 31.2 Å². The number of ether oxygens (including phenoxy) is 1. The molecule has 2 N–H and O–H groups in total. The first-order valence-electron chi connectivity index (χ1n) is 6.78. The van der Waals surface area contributed by atoms with E-state index in [1.165, 1.54) is 31.4 Å². The van der Waals surface area contributed by atoms with Gasteiger partial charge in [-0.1, -0.05) is 16.7 Å². The van der Waals surface area contributed by atoms with Crippen molar-refractivity contribution in [3.8, 4) is 6.01 Å². The van der Waals surface area contributed by atoms with E-state index in [4.69, 9.17) is 16.3 Å². The molecule has 1 aromatic heterocycles. The molecular weight excluding hydrogens is 344 g/mol. The van der Waals surface area contributed by atoms with Crippen molar-refractivity contribution in [3.63, 3.8) is 0 Å². The molecule has 0 radical (unpaired) electrons. The molecule has 0 fully saturated rings. The first-order valence-corrected chi connectivity index (χ1v) is 8.65. The lowest BCUT2D eigenvalue weighted by Gasteiger charge is -2.17. The van der Waals surface area contributed by atoms with Gasteiger partial charge in [0.05, 0.1) is 18.6 Å². The SMILES string of the molecule is CCn1c(OC)nnc1[C@@H](CO)NS(=O)(=O)c1ccc(Cl)cc1. The standard InChI is InChI=1S/C13H17ClN4O4S/c1-3-18-12(15-16-13(18)22-2)11(8-19)17-23(20,21)10-6-4-9(14)5-7-10/h4-7,11,17,19H,3,8H2,1-2H3/t11-/m1/s1. The topological polar surface area (TPSA) is 106 Å². The van der Waals surface area contributed by atoms with Crippen LogP contribution in [0.5, 0.6) is 6.01 Å². The zero-order valence-electron chi connectivity index (χ0n) is 12.6. The third-order valence-corrected chi connectivity index (χ3v) is 4.90. The summed E-state index contributed by atoms with van der Waals surface area (Å²) in [5.74, 6) is 0.268. The van der Waals surface area contributed by atoms with Crippen LogP contribution in [-0.2, 0) is 16.6 Å². The molecule has 0 aliphatic heterocycles. The maximum Gasteiger partial charge on any atom is 0.316 e. The van der Waals surface area contributed by atoms with Gasteiger partial charge in [-0.15, -0.1) is 5.10 Å². The highest BCUT2D eigenvalue weighted by Gasteiger charge is 2.26.